The van der Waals surface area contributed by atoms with E-state index in [1.54, 1.807) is 38.3 Å². The van der Waals surface area contributed by atoms with E-state index >= 15 is 0 Å². The van der Waals surface area contributed by atoms with Crippen molar-refractivity contribution in [2.75, 3.05) is 19.0 Å². The van der Waals surface area contributed by atoms with E-state index in [0.717, 1.165) is 22.9 Å². The topological polar surface area (TPSA) is 99.5 Å². The summed E-state index contributed by atoms with van der Waals surface area (Å²) in [7, 11) is 1.54. The van der Waals surface area contributed by atoms with E-state index in [-0.39, 0.29) is 30.1 Å². The molecule has 1 amide bonds. The van der Waals surface area contributed by atoms with Crippen LogP contribution in [0.2, 0.25) is 0 Å². The molecule has 3 aromatic rings. The van der Waals surface area contributed by atoms with Crippen LogP contribution in [0.15, 0.2) is 59.4 Å². The van der Waals surface area contributed by atoms with Gasteiger partial charge in [-0.1, -0.05) is 12.1 Å². The molecule has 0 aliphatic rings. The number of carbonyl (C=O) groups excluding carboxylic acids is 2. The molecule has 31 heavy (non-hydrogen) atoms. The SMILES string of the molecule is CCOC(=O)c1nn(-c2ccc(F)cc2)c(=O)cc1NC(=O)Cc1ccc(OC)cc1. The second-order valence-electron chi connectivity index (χ2n) is 6.43. The zero-order valence-electron chi connectivity index (χ0n) is 16.9. The monoisotopic (exact) mass is 425 g/mol. The van der Waals surface area contributed by atoms with Gasteiger partial charge in [-0.25, -0.2) is 9.18 Å². The van der Waals surface area contributed by atoms with Crippen LogP contribution in [0.5, 0.6) is 5.75 Å². The van der Waals surface area contributed by atoms with Crippen LogP contribution < -0.4 is 15.6 Å². The fourth-order valence-electron chi connectivity index (χ4n) is 2.79. The van der Waals surface area contributed by atoms with Gasteiger partial charge in [0.1, 0.15) is 11.6 Å². The lowest BCUT2D eigenvalue weighted by Crippen LogP contribution is -2.27. The van der Waals surface area contributed by atoms with Crippen LogP contribution in [0.3, 0.4) is 0 Å². The Bertz CT molecular complexity index is 1140. The lowest BCUT2D eigenvalue weighted by Gasteiger charge is -2.12. The van der Waals surface area contributed by atoms with Crippen LogP contribution in [0.4, 0.5) is 10.1 Å². The number of ether oxygens (including phenoxy) is 2. The molecular formula is C22H20FN3O5. The standard InChI is InChI=1S/C22H20FN3O5/c1-3-31-22(29)21-18(24-19(27)12-14-4-10-17(30-2)11-5-14)13-20(28)26(25-21)16-8-6-15(23)7-9-16/h4-11,13H,3,12H2,1-2H3,(H,24,27). The third-order valence-electron chi connectivity index (χ3n) is 4.27. The Morgan fingerprint density at radius 1 is 1.10 bits per heavy atom. The van der Waals surface area contributed by atoms with Gasteiger partial charge in [0.2, 0.25) is 5.91 Å². The molecular weight excluding hydrogens is 405 g/mol. The first-order valence-electron chi connectivity index (χ1n) is 9.41. The molecule has 0 unspecified atom stereocenters. The van der Waals surface area contributed by atoms with Crippen molar-refractivity contribution in [3.05, 3.63) is 82.0 Å². The minimum Gasteiger partial charge on any atom is -0.497 e. The van der Waals surface area contributed by atoms with E-state index < -0.39 is 23.3 Å². The Hall–Kier alpha value is -4.01. The van der Waals surface area contributed by atoms with Gasteiger partial charge >= 0.3 is 5.97 Å². The van der Waals surface area contributed by atoms with Crippen molar-refractivity contribution in [3.8, 4) is 11.4 Å². The van der Waals surface area contributed by atoms with Crippen molar-refractivity contribution in [3.63, 3.8) is 0 Å². The lowest BCUT2D eigenvalue weighted by molar-refractivity contribution is -0.115. The Morgan fingerprint density at radius 3 is 2.39 bits per heavy atom. The van der Waals surface area contributed by atoms with Gasteiger partial charge in [-0.15, -0.1) is 0 Å². The number of hydrogen-bond donors (Lipinski definition) is 1. The van der Waals surface area contributed by atoms with Gasteiger partial charge in [0, 0.05) is 6.07 Å². The highest BCUT2D eigenvalue weighted by Gasteiger charge is 2.20. The van der Waals surface area contributed by atoms with Crippen molar-refractivity contribution >= 4 is 17.6 Å². The minimum absolute atomic E-state index is 0.00725. The summed E-state index contributed by atoms with van der Waals surface area (Å²) in [4.78, 5) is 37.5. The van der Waals surface area contributed by atoms with Gasteiger partial charge in [0.25, 0.3) is 5.56 Å². The predicted molar refractivity (Wildman–Crippen MR) is 111 cm³/mol. The summed E-state index contributed by atoms with van der Waals surface area (Å²) in [5.74, 6) is -1.08. The number of nitrogens with zero attached hydrogens (tertiary/aromatic N) is 2. The Balaban J connectivity index is 1.91. The summed E-state index contributed by atoms with van der Waals surface area (Å²) < 4.78 is 24.2. The second kappa shape index (κ2) is 9.66. The summed E-state index contributed by atoms with van der Waals surface area (Å²) in [6.07, 6.45) is 0.00725. The molecule has 2 aromatic carbocycles. The summed E-state index contributed by atoms with van der Waals surface area (Å²) in [5.41, 5.74) is 0.0465. The van der Waals surface area contributed by atoms with Crippen LogP contribution in [0.25, 0.3) is 5.69 Å². The van der Waals surface area contributed by atoms with Crippen molar-refractivity contribution in [2.45, 2.75) is 13.3 Å². The molecule has 0 aliphatic carbocycles. The van der Waals surface area contributed by atoms with Gasteiger partial charge in [0.15, 0.2) is 5.69 Å². The van der Waals surface area contributed by atoms with E-state index in [0.29, 0.717) is 11.3 Å². The van der Waals surface area contributed by atoms with Crippen LogP contribution in [-0.4, -0.2) is 35.4 Å². The quantitative estimate of drug-likeness (QED) is 0.585. The zero-order chi connectivity index (χ0) is 22.4. The number of anilines is 1. The van der Waals surface area contributed by atoms with E-state index in [9.17, 15) is 18.8 Å². The van der Waals surface area contributed by atoms with E-state index in [2.05, 4.69) is 10.4 Å². The number of carbonyl (C=O) groups is 2. The van der Waals surface area contributed by atoms with Crippen LogP contribution in [0.1, 0.15) is 23.0 Å². The highest BCUT2D eigenvalue weighted by Crippen LogP contribution is 2.16. The van der Waals surface area contributed by atoms with Crippen LogP contribution in [-0.2, 0) is 16.0 Å². The highest BCUT2D eigenvalue weighted by molar-refractivity contribution is 6.00. The average Bonchev–Trinajstić information content (AvgIpc) is 2.75. The number of amides is 1. The molecule has 0 aliphatic heterocycles. The van der Waals surface area contributed by atoms with Crippen LogP contribution in [0, 0.1) is 5.82 Å². The molecule has 1 N–H and O–H groups in total. The largest absolute Gasteiger partial charge is 0.497 e. The van der Waals surface area contributed by atoms with E-state index in [1.165, 1.54) is 12.1 Å². The molecule has 0 radical (unpaired) electrons. The lowest BCUT2D eigenvalue weighted by atomic mass is 10.1. The first kappa shape index (κ1) is 21.7. The highest BCUT2D eigenvalue weighted by atomic mass is 19.1. The van der Waals surface area contributed by atoms with E-state index in [4.69, 9.17) is 9.47 Å². The number of benzene rings is 2. The Labute approximate surface area is 177 Å². The van der Waals surface area contributed by atoms with Crippen molar-refractivity contribution in [1.29, 1.82) is 0 Å². The molecule has 1 heterocycles. The molecule has 0 saturated carbocycles. The molecule has 1 aromatic heterocycles. The fourth-order valence-corrected chi connectivity index (χ4v) is 2.79. The Morgan fingerprint density at radius 2 is 1.77 bits per heavy atom. The summed E-state index contributed by atoms with van der Waals surface area (Å²) in [6.45, 7) is 1.70. The van der Waals surface area contributed by atoms with Crippen molar-refractivity contribution < 1.29 is 23.5 Å². The van der Waals surface area contributed by atoms with Gasteiger partial charge in [0.05, 0.1) is 31.5 Å². The summed E-state index contributed by atoms with van der Waals surface area (Å²) in [5, 5.41) is 6.60. The third kappa shape index (κ3) is 5.33. The molecule has 160 valence electrons. The summed E-state index contributed by atoms with van der Waals surface area (Å²) >= 11 is 0. The van der Waals surface area contributed by atoms with Crippen molar-refractivity contribution in [1.82, 2.24) is 9.78 Å². The van der Waals surface area contributed by atoms with Gasteiger partial charge in [-0.05, 0) is 48.9 Å². The number of methoxy groups -OCH3 is 1. The molecule has 0 atom stereocenters. The molecule has 3 rings (SSSR count). The predicted octanol–water partition coefficient (Wildman–Crippen LogP) is 2.74. The van der Waals surface area contributed by atoms with Crippen molar-refractivity contribution in [2.24, 2.45) is 0 Å². The second-order valence-corrected chi connectivity index (χ2v) is 6.43. The minimum atomic E-state index is -0.807. The van der Waals surface area contributed by atoms with E-state index in [1.807, 2.05) is 0 Å². The molecule has 0 bridgehead atoms. The number of aromatic nitrogens is 2. The first-order valence-corrected chi connectivity index (χ1v) is 9.41. The fraction of sp³-hybridized carbons (Fsp3) is 0.182. The smallest absolute Gasteiger partial charge is 0.360 e. The zero-order valence-corrected chi connectivity index (χ0v) is 16.9. The molecule has 9 heteroatoms. The average molecular weight is 425 g/mol. The first-order chi connectivity index (χ1) is 14.9. The van der Waals surface area contributed by atoms with Crippen LogP contribution >= 0.6 is 0 Å². The summed E-state index contributed by atoms with van der Waals surface area (Å²) in [6, 6.07) is 13.0. The number of nitrogens with one attached hydrogen (secondary N) is 1. The normalized spacial score (nSPS) is 10.4. The maximum Gasteiger partial charge on any atom is 0.360 e. The molecule has 0 spiro atoms. The third-order valence-corrected chi connectivity index (χ3v) is 4.27. The maximum atomic E-state index is 13.2. The number of halogens is 1. The number of esters is 1. The molecule has 0 fully saturated rings. The van der Waals surface area contributed by atoms with Gasteiger partial charge < -0.3 is 14.8 Å². The maximum absolute atomic E-state index is 13.2. The molecule has 8 nitrogen and oxygen atoms in total. The number of rotatable bonds is 7. The molecule has 0 saturated heterocycles. The van der Waals surface area contributed by atoms with Gasteiger partial charge in [-0.2, -0.15) is 9.78 Å². The Kier molecular flexibility index (Phi) is 6.76. The van der Waals surface area contributed by atoms with Gasteiger partial charge in [-0.3, -0.25) is 9.59 Å². The number of hydrogen-bond acceptors (Lipinski definition) is 6.